The van der Waals surface area contributed by atoms with Crippen molar-refractivity contribution in [3.8, 4) is 6.07 Å². The third-order valence-corrected chi connectivity index (χ3v) is 2.38. The zero-order valence-corrected chi connectivity index (χ0v) is 8.77. The number of rotatable bonds is 3. The van der Waals surface area contributed by atoms with Gasteiger partial charge in [0.25, 0.3) is 0 Å². The van der Waals surface area contributed by atoms with E-state index in [1.807, 2.05) is 12.1 Å². The first-order valence-electron chi connectivity index (χ1n) is 4.58. The second-order valence-corrected chi connectivity index (χ2v) is 3.35. The number of nitriles is 1. The molecule has 4 heteroatoms. The minimum absolute atomic E-state index is 0.389. The van der Waals surface area contributed by atoms with Gasteiger partial charge in [-0.3, -0.25) is 4.79 Å². The maximum atomic E-state index is 11.0. The van der Waals surface area contributed by atoms with Gasteiger partial charge in [-0.15, -0.1) is 0 Å². The Morgan fingerprint density at radius 1 is 1.60 bits per heavy atom. The molecule has 15 heavy (non-hydrogen) atoms. The molecular weight excluding hydrogens is 190 g/mol. The average molecular weight is 203 g/mol. The van der Waals surface area contributed by atoms with Gasteiger partial charge in [-0.1, -0.05) is 6.07 Å². The summed E-state index contributed by atoms with van der Waals surface area (Å²) in [5, 5.41) is 8.73. The predicted octanol–water partition coefficient (Wildman–Crippen LogP) is 0.868. The Balaban J connectivity index is 2.96. The van der Waals surface area contributed by atoms with Crippen LogP contribution in [-0.2, 0) is 4.79 Å². The van der Waals surface area contributed by atoms with Gasteiger partial charge < -0.3 is 10.6 Å². The van der Waals surface area contributed by atoms with Gasteiger partial charge >= 0.3 is 0 Å². The van der Waals surface area contributed by atoms with Crippen molar-refractivity contribution in [2.75, 3.05) is 11.9 Å². The van der Waals surface area contributed by atoms with Crippen molar-refractivity contribution in [1.29, 1.82) is 5.26 Å². The summed E-state index contributed by atoms with van der Waals surface area (Å²) < 4.78 is 0. The van der Waals surface area contributed by atoms with Gasteiger partial charge in [0.15, 0.2) is 0 Å². The molecule has 1 amide bonds. The summed E-state index contributed by atoms with van der Waals surface area (Å²) >= 11 is 0. The molecule has 0 saturated heterocycles. The molecule has 1 aromatic carbocycles. The van der Waals surface area contributed by atoms with Crippen molar-refractivity contribution in [2.45, 2.75) is 13.0 Å². The van der Waals surface area contributed by atoms with Crippen molar-refractivity contribution in [3.05, 3.63) is 29.8 Å². The van der Waals surface area contributed by atoms with Crippen LogP contribution in [0, 0.1) is 11.3 Å². The molecule has 1 unspecified atom stereocenters. The quantitative estimate of drug-likeness (QED) is 0.792. The Bertz CT molecular complexity index is 409. The van der Waals surface area contributed by atoms with E-state index in [2.05, 4.69) is 0 Å². The molecule has 0 aliphatic rings. The fourth-order valence-electron chi connectivity index (χ4n) is 1.21. The van der Waals surface area contributed by atoms with Gasteiger partial charge in [-0.2, -0.15) is 5.26 Å². The topological polar surface area (TPSA) is 70.1 Å². The molecule has 0 saturated carbocycles. The summed E-state index contributed by atoms with van der Waals surface area (Å²) in [4.78, 5) is 12.7. The number of hydrogen-bond acceptors (Lipinski definition) is 3. The molecule has 0 bridgehead atoms. The molecule has 0 radical (unpaired) electrons. The van der Waals surface area contributed by atoms with Gasteiger partial charge in [-0.05, 0) is 25.1 Å². The Labute approximate surface area is 88.9 Å². The molecule has 78 valence electrons. The normalized spacial score (nSPS) is 11.5. The zero-order valence-electron chi connectivity index (χ0n) is 8.77. The van der Waals surface area contributed by atoms with E-state index in [1.165, 1.54) is 0 Å². The van der Waals surface area contributed by atoms with Crippen LogP contribution in [0.2, 0.25) is 0 Å². The van der Waals surface area contributed by atoms with Crippen LogP contribution in [0.4, 0.5) is 5.69 Å². The summed E-state index contributed by atoms with van der Waals surface area (Å²) in [7, 11) is 1.77. The van der Waals surface area contributed by atoms with E-state index < -0.39 is 0 Å². The van der Waals surface area contributed by atoms with Gasteiger partial charge in [0.05, 0.1) is 11.6 Å². The molecule has 0 spiro atoms. The lowest BCUT2D eigenvalue weighted by Gasteiger charge is -2.24. The number of benzene rings is 1. The fraction of sp³-hybridized carbons (Fsp3) is 0.273. The number of hydrogen-bond donors (Lipinski definition) is 1. The van der Waals surface area contributed by atoms with Crippen molar-refractivity contribution in [1.82, 2.24) is 0 Å². The van der Waals surface area contributed by atoms with Crippen molar-refractivity contribution in [2.24, 2.45) is 5.73 Å². The van der Waals surface area contributed by atoms with Crippen molar-refractivity contribution in [3.63, 3.8) is 0 Å². The first-order chi connectivity index (χ1) is 7.06. The minimum Gasteiger partial charge on any atom is -0.368 e. The lowest BCUT2D eigenvalue weighted by atomic mass is 10.2. The molecule has 0 aliphatic carbocycles. The highest BCUT2D eigenvalue weighted by atomic mass is 16.1. The summed E-state index contributed by atoms with van der Waals surface area (Å²) in [6.07, 6.45) is 0. The molecule has 0 fully saturated rings. The summed E-state index contributed by atoms with van der Waals surface area (Å²) in [5.41, 5.74) is 6.57. The van der Waals surface area contributed by atoms with Crippen LogP contribution in [0.15, 0.2) is 24.3 Å². The van der Waals surface area contributed by atoms with Crippen LogP contribution in [0.1, 0.15) is 12.5 Å². The monoisotopic (exact) mass is 203 g/mol. The van der Waals surface area contributed by atoms with E-state index >= 15 is 0 Å². The molecule has 1 rings (SSSR count). The fourth-order valence-corrected chi connectivity index (χ4v) is 1.21. The smallest absolute Gasteiger partial charge is 0.239 e. The Kier molecular flexibility index (Phi) is 3.29. The number of amides is 1. The summed E-state index contributed by atoms with van der Waals surface area (Å²) in [6.45, 7) is 1.72. The van der Waals surface area contributed by atoms with Gasteiger partial charge in [0, 0.05) is 12.7 Å². The second-order valence-electron chi connectivity index (χ2n) is 3.35. The number of carbonyl (C=O) groups is 1. The Hall–Kier alpha value is -2.02. The van der Waals surface area contributed by atoms with Crippen LogP contribution in [0.3, 0.4) is 0 Å². The van der Waals surface area contributed by atoms with E-state index in [4.69, 9.17) is 11.0 Å². The SMILES string of the molecule is CC(C(N)=O)N(C)c1cccc(C#N)c1. The number of primary amides is 1. The van der Waals surface area contributed by atoms with Crippen LogP contribution < -0.4 is 10.6 Å². The van der Waals surface area contributed by atoms with E-state index in [9.17, 15) is 4.79 Å². The van der Waals surface area contributed by atoms with E-state index in [1.54, 1.807) is 37.1 Å². The maximum Gasteiger partial charge on any atom is 0.239 e. The number of likely N-dealkylation sites (N-methyl/N-ethyl adjacent to an activating group) is 1. The van der Waals surface area contributed by atoms with Crippen LogP contribution in [0.25, 0.3) is 0 Å². The highest BCUT2D eigenvalue weighted by Crippen LogP contribution is 2.16. The molecule has 1 aromatic rings. The summed E-state index contributed by atoms with van der Waals surface area (Å²) in [6, 6.07) is 8.70. The van der Waals surface area contributed by atoms with E-state index in [0.717, 1.165) is 5.69 Å². The van der Waals surface area contributed by atoms with Gasteiger partial charge in [-0.25, -0.2) is 0 Å². The summed E-state index contributed by atoms with van der Waals surface area (Å²) in [5.74, 6) is -0.389. The molecule has 0 heterocycles. The lowest BCUT2D eigenvalue weighted by molar-refractivity contribution is -0.118. The number of anilines is 1. The molecule has 2 N–H and O–H groups in total. The third-order valence-electron chi connectivity index (χ3n) is 2.38. The lowest BCUT2D eigenvalue weighted by Crippen LogP contribution is -2.40. The Morgan fingerprint density at radius 2 is 2.27 bits per heavy atom. The maximum absolute atomic E-state index is 11.0. The second kappa shape index (κ2) is 4.47. The molecule has 1 atom stereocenters. The van der Waals surface area contributed by atoms with Crippen LogP contribution in [0.5, 0.6) is 0 Å². The average Bonchev–Trinajstić information content (AvgIpc) is 2.27. The molecule has 0 aliphatic heterocycles. The van der Waals surface area contributed by atoms with Crippen LogP contribution in [-0.4, -0.2) is 19.0 Å². The van der Waals surface area contributed by atoms with Crippen molar-refractivity contribution >= 4 is 11.6 Å². The Morgan fingerprint density at radius 3 is 2.80 bits per heavy atom. The highest BCUT2D eigenvalue weighted by molar-refractivity contribution is 5.83. The largest absolute Gasteiger partial charge is 0.368 e. The van der Waals surface area contributed by atoms with E-state index in [-0.39, 0.29) is 11.9 Å². The van der Waals surface area contributed by atoms with E-state index in [0.29, 0.717) is 5.56 Å². The first kappa shape index (κ1) is 11.1. The van der Waals surface area contributed by atoms with Gasteiger partial charge in [0.2, 0.25) is 5.91 Å². The van der Waals surface area contributed by atoms with Crippen molar-refractivity contribution < 1.29 is 4.79 Å². The molecular formula is C11H13N3O. The third kappa shape index (κ3) is 2.47. The van der Waals surface area contributed by atoms with Crippen LogP contribution >= 0.6 is 0 Å². The standard InChI is InChI=1S/C11H13N3O/c1-8(11(13)15)14(2)10-5-3-4-9(6-10)7-12/h3-6,8H,1-2H3,(H2,13,15). The predicted molar refractivity (Wildman–Crippen MR) is 58.2 cm³/mol. The highest BCUT2D eigenvalue weighted by Gasteiger charge is 2.15. The molecule has 4 nitrogen and oxygen atoms in total. The number of carbonyl (C=O) groups excluding carboxylic acids is 1. The zero-order chi connectivity index (χ0) is 11.4. The first-order valence-corrected chi connectivity index (χ1v) is 4.58. The number of nitrogens with two attached hydrogens (primary N) is 1. The molecule has 0 aromatic heterocycles. The number of nitrogens with zero attached hydrogens (tertiary/aromatic N) is 2. The minimum atomic E-state index is -0.390. The van der Waals surface area contributed by atoms with Gasteiger partial charge in [0.1, 0.15) is 6.04 Å².